The largest absolute Gasteiger partial charge is 0.387 e. The molecule has 2 saturated heterocycles. The lowest BCUT2D eigenvalue weighted by Crippen LogP contribution is -2.47. The number of rotatable bonds is 4. The number of fused-ring (bicyclic) bond motifs is 3. The van der Waals surface area contributed by atoms with E-state index in [1.807, 2.05) is 24.0 Å². The maximum atomic E-state index is 12.6. The average Bonchev–Trinajstić information content (AvgIpc) is 3.31. The highest BCUT2D eigenvalue weighted by Crippen LogP contribution is 2.44. The minimum atomic E-state index is -0.475. The van der Waals surface area contributed by atoms with Crippen molar-refractivity contribution in [2.45, 2.75) is 57.5 Å². The van der Waals surface area contributed by atoms with Crippen molar-refractivity contribution in [2.75, 3.05) is 12.3 Å². The van der Waals surface area contributed by atoms with Crippen molar-refractivity contribution in [3.8, 4) is 11.1 Å². The maximum Gasteiger partial charge on any atom is 0.248 e. The van der Waals surface area contributed by atoms with Gasteiger partial charge in [0.25, 0.3) is 0 Å². The number of ketones is 1. The summed E-state index contributed by atoms with van der Waals surface area (Å²) in [7, 11) is 0. The molecule has 0 radical (unpaired) electrons. The van der Waals surface area contributed by atoms with Gasteiger partial charge in [-0.2, -0.15) is 9.61 Å². The van der Waals surface area contributed by atoms with Crippen molar-refractivity contribution < 1.29 is 14.7 Å². The van der Waals surface area contributed by atoms with Crippen LogP contribution in [0.15, 0.2) is 24.5 Å². The Bertz CT molecular complexity index is 1200. The monoisotopic (exact) mass is 434 g/mol. The molecule has 32 heavy (non-hydrogen) atoms. The molecule has 2 fully saturated rings. The number of aliphatic hydroxyl groups is 1. The number of piperidine rings is 1. The van der Waals surface area contributed by atoms with E-state index in [-0.39, 0.29) is 35.5 Å². The molecule has 0 saturated carbocycles. The SMILES string of the molecule is CC(=O)c1c([C@H]2C[C@H]3CC[C@@H](C2)N3C(=O)CO)nc2c(-c3ccc(C)nc3)cnn2c1N. The summed E-state index contributed by atoms with van der Waals surface area (Å²) in [6, 6.07) is 3.99. The molecule has 9 heteroatoms. The van der Waals surface area contributed by atoms with Crippen LogP contribution in [-0.2, 0) is 4.79 Å². The lowest BCUT2D eigenvalue weighted by Gasteiger charge is -2.39. The van der Waals surface area contributed by atoms with Crippen LogP contribution in [0.1, 0.15) is 60.3 Å². The molecule has 2 aliphatic rings. The van der Waals surface area contributed by atoms with Gasteiger partial charge in [-0.3, -0.25) is 14.6 Å². The number of pyridine rings is 1. The highest BCUT2D eigenvalue weighted by Gasteiger charge is 2.44. The molecule has 9 nitrogen and oxygen atoms in total. The topological polar surface area (TPSA) is 127 Å². The Kier molecular flexibility index (Phi) is 4.93. The van der Waals surface area contributed by atoms with Gasteiger partial charge in [0, 0.05) is 41.0 Å². The number of carbonyl (C=O) groups excluding carboxylic acids is 2. The van der Waals surface area contributed by atoms with Gasteiger partial charge in [0.1, 0.15) is 12.4 Å². The van der Waals surface area contributed by atoms with Crippen LogP contribution in [0.25, 0.3) is 16.8 Å². The number of Topliss-reactive ketones (excluding diaryl/α,β-unsaturated/α-hetero) is 1. The van der Waals surface area contributed by atoms with Crippen LogP contribution in [0, 0.1) is 6.92 Å². The van der Waals surface area contributed by atoms with E-state index in [4.69, 9.17) is 10.7 Å². The van der Waals surface area contributed by atoms with E-state index in [0.29, 0.717) is 29.7 Å². The zero-order valence-corrected chi connectivity index (χ0v) is 18.2. The van der Waals surface area contributed by atoms with Gasteiger partial charge in [-0.25, -0.2) is 4.98 Å². The van der Waals surface area contributed by atoms with Crippen LogP contribution < -0.4 is 5.73 Å². The number of nitrogen functional groups attached to an aromatic ring is 1. The quantitative estimate of drug-likeness (QED) is 0.602. The van der Waals surface area contributed by atoms with Crippen molar-refractivity contribution in [2.24, 2.45) is 0 Å². The number of aliphatic hydroxyl groups excluding tert-OH is 1. The van der Waals surface area contributed by atoms with Gasteiger partial charge in [-0.15, -0.1) is 0 Å². The number of anilines is 1. The van der Waals surface area contributed by atoms with Gasteiger partial charge < -0.3 is 15.7 Å². The van der Waals surface area contributed by atoms with Gasteiger partial charge in [0.15, 0.2) is 11.4 Å². The molecule has 1 amide bonds. The summed E-state index contributed by atoms with van der Waals surface area (Å²) < 4.78 is 1.52. The molecule has 2 bridgehead atoms. The van der Waals surface area contributed by atoms with Gasteiger partial charge >= 0.3 is 0 Å². The van der Waals surface area contributed by atoms with Crippen LogP contribution in [0.2, 0.25) is 0 Å². The van der Waals surface area contributed by atoms with E-state index in [9.17, 15) is 14.7 Å². The van der Waals surface area contributed by atoms with Crippen LogP contribution in [0.4, 0.5) is 5.82 Å². The number of hydrogen-bond acceptors (Lipinski definition) is 7. The van der Waals surface area contributed by atoms with Crippen molar-refractivity contribution >= 4 is 23.2 Å². The van der Waals surface area contributed by atoms with Crippen molar-refractivity contribution in [1.82, 2.24) is 24.5 Å². The third-order valence-corrected chi connectivity index (χ3v) is 6.83. The molecular formula is C23H26N6O3. The summed E-state index contributed by atoms with van der Waals surface area (Å²) >= 11 is 0. The molecule has 166 valence electrons. The molecule has 0 unspecified atom stereocenters. The number of amides is 1. The smallest absolute Gasteiger partial charge is 0.248 e. The second kappa shape index (κ2) is 7.67. The zero-order chi connectivity index (χ0) is 22.6. The second-order valence-corrected chi connectivity index (χ2v) is 8.81. The standard InChI is InChI=1S/C23H26N6O3/c1-12-3-4-14(9-25-12)18-10-26-29-22(24)20(13(2)31)21(27-23(18)29)15-7-16-5-6-17(8-15)28(16)19(32)11-30/h3-4,9-10,15-17,30H,5-8,11,24H2,1-2H3/t15-,16+,17-. The van der Waals surface area contributed by atoms with E-state index in [2.05, 4.69) is 10.1 Å². The van der Waals surface area contributed by atoms with Crippen molar-refractivity contribution in [1.29, 1.82) is 0 Å². The number of hydrogen-bond donors (Lipinski definition) is 2. The van der Waals surface area contributed by atoms with Crippen molar-refractivity contribution in [3.05, 3.63) is 41.5 Å². The van der Waals surface area contributed by atoms with Gasteiger partial charge in [0.2, 0.25) is 5.91 Å². The van der Waals surface area contributed by atoms with Gasteiger partial charge in [-0.1, -0.05) is 6.07 Å². The first-order chi connectivity index (χ1) is 15.4. The Hall–Kier alpha value is -3.33. The van der Waals surface area contributed by atoms with Crippen LogP contribution >= 0.6 is 0 Å². The molecule has 5 rings (SSSR count). The van der Waals surface area contributed by atoms with E-state index < -0.39 is 6.61 Å². The van der Waals surface area contributed by atoms with E-state index >= 15 is 0 Å². The van der Waals surface area contributed by atoms with Gasteiger partial charge in [0.05, 0.1) is 17.5 Å². The highest BCUT2D eigenvalue weighted by molar-refractivity contribution is 6.00. The Morgan fingerprint density at radius 2 is 1.91 bits per heavy atom. The third kappa shape index (κ3) is 3.15. The summed E-state index contributed by atoms with van der Waals surface area (Å²) in [6.45, 7) is 2.95. The Labute approximate surface area is 185 Å². The number of nitrogens with two attached hydrogens (primary N) is 1. The highest BCUT2D eigenvalue weighted by atomic mass is 16.3. The Morgan fingerprint density at radius 1 is 1.19 bits per heavy atom. The van der Waals surface area contributed by atoms with E-state index in [1.165, 1.54) is 11.4 Å². The molecule has 0 spiro atoms. The lowest BCUT2D eigenvalue weighted by molar-refractivity contribution is -0.138. The Balaban J connectivity index is 1.62. The molecule has 2 aliphatic heterocycles. The summed E-state index contributed by atoms with van der Waals surface area (Å²) in [5.74, 6) is -0.0943. The van der Waals surface area contributed by atoms with E-state index in [1.54, 1.807) is 12.4 Å². The molecule has 0 aliphatic carbocycles. The first kappa shape index (κ1) is 20.6. The average molecular weight is 435 g/mol. The van der Waals surface area contributed by atoms with E-state index in [0.717, 1.165) is 29.7 Å². The molecule has 5 heterocycles. The normalized spacial score (nSPS) is 22.5. The fourth-order valence-corrected chi connectivity index (χ4v) is 5.41. The molecule has 3 N–H and O–H groups in total. The second-order valence-electron chi connectivity index (χ2n) is 8.81. The first-order valence-corrected chi connectivity index (χ1v) is 10.9. The predicted octanol–water partition coefficient (Wildman–Crippen LogP) is 2.11. The minimum Gasteiger partial charge on any atom is -0.387 e. The minimum absolute atomic E-state index is 0.000311. The molecule has 0 aromatic carbocycles. The number of carbonyl (C=O) groups is 2. The zero-order valence-electron chi connectivity index (χ0n) is 18.2. The molecule has 3 atom stereocenters. The maximum absolute atomic E-state index is 12.6. The number of aryl methyl sites for hydroxylation is 1. The molecular weight excluding hydrogens is 408 g/mol. The summed E-state index contributed by atoms with van der Waals surface area (Å²) in [5.41, 5.74) is 10.7. The fraction of sp³-hybridized carbons (Fsp3) is 0.435. The van der Waals surface area contributed by atoms with Gasteiger partial charge in [-0.05, 0) is 45.6 Å². The third-order valence-electron chi connectivity index (χ3n) is 6.83. The number of aromatic nitrogens is 4. The lowest BCUT2D eigenvalue weighted by atomic mass is 9.85. The predicted molar refractivity (Wildman–Crippen MR) is 118 cm³/mol. The fourth-order valence-electron chi connectivity index (χ4n) is 5.41. The Morgan fingerprint density at radius 3 is 2.50 bits per heavy atom. The van der Waals surface area contributed by atoms with Crippen LogP contribution in [0.5, 0.6) is 0 Å². The summed E-state index contributed by atoms with van der Waals surface area (Å²) in [4.78, 5) is 36.0. The van der Waals surface area contributed by atoms with Crippen LogP contribution in [-0.4, -0.2) is 60.0 Å². The first-order valence-electron chi connectivity index (χ1n) is 10.9. The van der Waals surface area contributed by atoms with Crippen LogP contribution in [0.3, 0.4) is 0 Å². The van der Waals surface area contributed by atoms with Crippen molar-refractivity contribution in [3.63, 3.8) is 0 Å². The number of nitrogens with zero attached hydrogens (tertiary/aromatic N) is 5. The summed E-state index contributed by atoms with van der Waals surface area (Å²) in [6.07, 6.45) is 6.66. The summed E-state index contributed by atoms with van der Waals surface area (Å²) in [5, 5.41) is 13.8. The molecule has 3 aromatic heterocycles. The molecule has 3 aromatic rings.